The zero-order valence-corrected chi connectivity index (χ0v) is 14.0. The van der Waals surface area contributed by atoms with Gasteiger partial charge in [-0.05, 0) is 37.3 Å². The van der Waals surface area contributed by atoms with E-state index in [9.17, 15) is 22.8 Å². The lowest BCUT2D eigenvalue weighted by molar-refractivity contribution is -0.137. The molecule has 0 radical (unpaired) electrons. The van der Waals surface area contributed by atoms with Crippen LogP contribution in [0.5, 0.6) is 5.75 Å². The van der Waals surface area contributed by atoms with Gasteiger partial charge in [0.25, 0.3) is 5.91 Å². The second-order valence-corrected chi connectivity index (χ2v) is 5.31. The Morgan fingerprint density at radius 3 is 2.42 bits per heavy atom. The molecule has 1 N–H and O–H groups in total. The third-order valence-corrected chi connectivity index (χ3v) is 3.45. The molecule has 0 heterocycles. The number of hydrogen-bond acceptors (Lipinski definition) is 4. The van der Waals surface area contributed by atoms with Crippen molar-refractivity contribution in [2.75, 3.05) is 12.4 Å². The van der Waals surface area contributed by atoms with E-state index in [1.54, 1.807) is 12.1 Å². The number of benzene rings is 2. The molecule has 1 unspecified atom stereocenters. The lowest BCUT2D eigenvalue weighted by Crippen LogP contribution is -2.30. The van der Waals surface area contributed by atoms with Crippen LogP contribution in [0.4, 0.5) is 18.9 Å². The third-order valence-electron chi connectivity index (χ3n) is 3.45. The van der Waals surface area contributed by atoms with Crippen molar-refractivity contribution in [3.05, 3.63) is 59.7 Å². The summed E-state index contributed by atoms with van der Waals surface area (Å²) < 4.78 is 48.9. The quantitative estimate of drug-likeness (QED) is 0.814. The van der Waals surface area contributed by atoms with Crippen LogP contribution < -0.4 is 10.1 Å². The number of esters is 1. The Hall–Kier alpha value is -3.03. The molecule has 2 aromatic carbocycles. The molecule has 0 aliphatic rings. The molecular weight excluding hydrogens is 351 g/mol. The minimum Gasteiger partial charge on any atom is -0.497 e. The summed E-state index contributed by atoms with van der Waals surface area (Å²) in [5.74, 6) is -1.25. The van der Waals surface area contributed by atoms with Crippen molar-refractivity contribution in [2.24, 2.45) is 0 Å². The number of nitrogens with one attached hydrogen (secondary N) is 1. The van der Waals surface area contributed by atoms with Crippen molar-refractivity contribution >= 4 is 17.6 Å². The zero-order chi connectivity index (χ0) is 19.3. The molecular formula is C18H16F3NO4. The average Bonchev–Trinajstić information content (AvgIpc) is 2.61. The van der Waals surface area contributed by atoms with E-state index < -0.39 is 35.4 Å². The summed E-state index contributed by atoms with van der Waals surface area (Å²) in [6, 6.07) is 10.6. The zero-order valence-electron chi connectivity index (χ0n) is 14.0. The average molecular weight is 367 g/mol. The Bertz CT molecular complexity index is 805. The topological polar surface area (TPSA) is 64.6 Å². The summed E-state index contributed by atoms with van der Waals surface area (Å²) in [5.41, 5.74) is -1.24. The van der Waals surface area contributed by atoms with Crippen LogP contribution in [0.1, 0.15) is 22.8 Å². The van der Waals surface area contributed by atoms with Gasteiger partial charge in [0, 0.05) is 0 Å². The van der Waals surface area contributed by atoms with E-state index in [2.05, 4.69) is 5.32 Å². The number of anilines is 1. The van der Waals surface area contributed by atoms with E-state index in [4.69, 9.17) is 9.47 Å². The highest BCUT2D eigenvalue weighted by molar-refractivity contribution is 5.97. The smallest absolute Gasteiger partial charge is 0.418 e. The molecule has 0 fully saturated rings. The maximum absolute atomic E-state index is 13.0. The number of carbonyl (C=O) groups is 2. The molecule has 1 atom stereocenters. The third kappa shape index (κ3) is 4.75. The van der Waals surface area contributed by atoms with E-state index in [1.807, 2.05) is 0 Å². The number of para-hydroxylation sites is 1. The van der Waals surface area contributed by atoms with Crippen molar-refractivity contribution in [3.8, 4) is 5.75 Å². The van der Waals surface area contributed by atoms with E-state index in [1.165, 1.54) is 38.3 Å². The highest BCUT2D eigenvalue weighted by Crippen LogP contribution is 2.34. The predicted molar refractivity (Wildman–Crippen MR) is 87.9 cm³/mol. The molecule has 2 rings (SSSR count). The van der Waals surface area contributed by atoms with Crippen LogP contribution >= 0.6 is 0 Å². The summed E-state index contributed by atoms with van der Waals surface area (Å²) in [5, 5.41) is 2.14. The Labute approximate surface area is 147 Å². The molecule has 2 aromatic rings. The minimum atomic E-state index is -4.62. The fourth-order valence-electron chi connectivity index (χ4n) is 2.11. The van der Waals surface area contributed by atoms with E-state index in [0.29, 0.717) is 5.75 Å². The summed E-state index contributed by atoms with van der Waals surface area (Å²) in [6.07, 6.45) is -5.92. The lowest BCUT2D eigenvalue weighted by atomic mass is 10.1. The maximum Gasteiger partial charge on any atom is 0.418 e. The Kier molecular flexibility index (Phi) is 5.86. The van der Waals surface area contributed by atoms with Gasteiger partial charge in [-0.15, -0.1) is 0 Å². The molecule has 138 valence electrons. The molecule has 0 saturated carbocycles. The van der Waals surface area contributed by atoms with Crippen LogP contribution in [0.25, 0.3) is 0 Å². The Morgan fingerprint density at radius 2 is 1.77 bits per heavy atom. The normalized spacial score (nSPS) is 12.2. The van der Waals surface area contributed by atoms with Gasteiger partial charge in [-0.25, -0.2) is 4.79 Å². The van der Waals surface area contributed by atoms with Crippen LogP contribution in [-0.4, -0.2) is 25.1 Å². The predicted octanol–water partition coefficient (Wildman–Crippen LogP) is 3.90. The molecule has 0 aromatic heterocycles. The van der Waals surface area contributed by atoms with Crippen LogP contribution in [0.2, 0.25) is 0 Å². The Balaban J connectivity index is 2.07. The second-order valence-electron chi connectivity index (χ2n) is 5.31. The summed E-state index contributed by atoms with van der Waals surface area (Å²) in [6.45, 7) is 1.27. The van der Waals surface area contributed by atoms with Gasteiger partial charge < -0.3 is 14.8 Å². The van der Waals surface area contributed by atoms with Crippen LogP contribution in [0.3, 0.4) is 0 Å². The Morgan fingerprint density at radius 1 is 1.08 bits per heavy atom. The van der Waals surface area contributed by atoms with E-state index in [-0.39, 0.29) is 5.56 Å². The standard InChI is InChI=1S/C18H16F3NO4/c1-11(26-17(24)12-6-5-7-13(10-12)25-2)16(23)22-15-9-4-3-8-14(15)18(19,20)21/h3-11H,1-2H3,(H,22,23). The van der Waals surface area contributed by atoms with Crippen molar-refractivity contribution in [1.82, 2.24) is 0 Å². The number of methoxy groups -OCH3 is 1. The monoisotopic (exact) mass is 367 g/mol. The summed E-state index contributed by atoms with van der Waals surface area (Å²) in [7, 11) is 1.43. The van der Waals surface area contributed by atoms with Gasteiger partial charge in [0.2, 0.25) is 0 Å². The van der Waals surface area contributed by atoms with Gasteiger partial charge >= 0.3 is 12.1 Å². The SMILES string of the molecule is COc1cccc(C(=O)OC(C)C(=O)Nc2ccccc2C(F)(F)F)c1. The largest absolute Gasteiger partial charge is 0.497 e. The second kappa shape index (κ2) is 7.90. The van der Waals surface area contributed by atoms with Gasteiger partial charge in [-0.1, -0.05) is 18.2 Å². The molecule has 0 aliphatic heterocycles. The molecule has 0 spiro atoms. The number of halogens is 3. The number of carbonyl (C=O) groups excluding carboxylic acids is 2. The van der Waals surface area contributed by atoms with Crippen molar-refractivity contribution in [1.29, 1.82) is 0 Å². The summed E-state index contributed by atoms with van der Waals surface area (Å²) in [4.78, 5) is 24.2. The lowest BCUT2D eigenvalue weighted by Gasteiger charge is -2.17. The first kappa shape index (κ1) is 19.3. The molecule has 0 aliphatic carbocycles. The highest BCUT2D eigenvalue weighted by Gasteiger charge is 2.34. The van der Waals surface area contributed by atoms with Gasteiger partial charge in [0.1, 0.15) is 5.75 Å². The van der Waals surface area contributed by atoms with Gasteiger partial charge in [0.05, 0.1) is 23.9 Å². The number of rotatable bonds is 5. The van der Waals surface area contributed by atoms with Crippen molar-refractivity contribution in [3.63, 3.8) is 0 Å². The molecule has 5 nitrogen and oxygen atoms in total. The van der Waals surface area contributed by atoms with Crippen LogP contribution in [0, 0.1) is 0 Å². The van der Waals surface area contributed by atoms with Crippen molar-refractivity contribution in [2.45, 2.75) is 19.2 Å². The molecule has 0 saturated heterocycles. The number of amides is 1. The molecule has 0 bridgehead atoms. The fourth-order valence-corrected chi connectivity index (χ4v) is 2.11. The van der Waals surface area contributed by atoms with Crippen LogP contribution in [0.15, 0.2) is 48.5 Å². The first-order chi connectivity index (χ1) is 12.2. The van der Waals surface area contributed by atoms with Gasteiger partial charge in [0.15, 0.2) is 6.10 Å². The first-order valence-electron chi connectivity index (χ1n) is 7.54. The minimum absolute atomic E-state index is 0.152. The number of hydrogen-bond donors (Lipinski definition) is 1. The molecule has 1 amide bonds. The first-order valence-corrected chi connectivity index (χ1v) is 7.54. The maximum atomic E-state index is 13.0. The molecule has 8 heteroatoms. The van der Waals surface area contributed by atoms with Crippen LogP contribution in [-0.2, 0) is 15.7 Å². The van der Waals surface area contributed by atoms with E-state index >= 15 is 0 Å². The highest BCUT2D eigenvalue weighted by atomic mass is 19.4. The number of alkyl halides is 3. The van der Waals surface area contributed by atoms with E-state index in [0.717, 1.165) is 12.1 Å². The fraction of sp³-hybridized carbons (Fsp3) is 0.222. The van der Waals surface area contributed by atoms with Gasteiger partial charge in [-0.2, -0.15) is 13.2 Å². The van der Waals surface area contributed by atoms with Gasteiger partial charge in [-0.3, -0.25) is 4.79 Å². The number of ether oxygens (including phenoxy) is 2. The molecule has 26 heavy (non-hydrogen) atoms. The summed E-state index contributed by atoms with van der Waals surface area (Å²) >= 11 is 0. The van der Waals surface area contributed by atoms with Crippen molar-refractivity contribution < 1.29 is 32.2 Å².